The molecule has 1 aromatic rings. The molecule has 6 nitrogen and oxygen atoms in total. The van der Waals surface area contributed by atoms with Crippen molar-refractivity contribution in [3.63, 3.8) is 0 Å². The smallest absolute Gasteiger partial charge is 0.336 e. The first-order valence-corrected chi connectivity index (χ1v) is 8.17. The quantitative estimate of drug-likeness (QED) is 0.579. The number of ether oxygens (including phenoxy) is 1. The molecule has 0 bridgehead atoms. The highest BCUT2D eigenvalue weighted by molar-refractivity contribution is 14.1. The van der Waals surface area contributed by atoms with Crippen LogP contribution < -0.4 is 4.31 Å². The fraction of sp³-hybridized carbons (Fsp3) is 0.364. The van der Waals surface area contributed by atoms with Crippen molar-refractivity contribution in [1.29, 1.82) is 0 Å². The van der Waals surface area contributed by atoms with Crippen LogP contribution in [0.3, 0.4) is 0 Å². The maximum absolute atomic E-state index is 11.7. The van der Waals surface area contributed by atoms with Crippen LogP contribution in [0.1, 0.15) is 0 Å². The van der Waals surface area contributed by atoms with Gasteiger partial charge < -0.3 is 9.84 Å². The second-order valence-corrected chi connectivity index (χ2v) is 6.96. The third kappa shape index (κ3) is 4.62. The van der Waals surface area contributed by atoms with Crippen LogP contribution in [0.5, 0.6) is 0 Å². The van der Waals surface area contributed by atoms with E-state index in [0.717, 1.165) is 21.2 Å². The van der Waals surface area contributed by atoms with Gasteiger partial charge in [-0.2, -0.15) is 0 Å². The van der Waals surface area contributed by atoms with E-state index in [1.807, 2.05) is 0 Å². The van der Waals surface area contributed by atoms with Crippen molar-refractivity contribution in [3.05, 3.63) is 27.8 Å². The average Bonchev–Trinajstić information content (AvgIpc) is 2.34. The number of aliphatic hydroxyl groups is 1. The lowest BCUT2D eigenvalue weighted by Gasteiger charge is -2.24. The molecule has 8 heteroatoms. The van der Waals surface area contributed by atoms with Gasteiger partial charge in [0.2, 0.25) is 10.0 Å². The number of carbonyl (C=O) groups excluding carboxylic acids is 1. The Morgan fingerprint density at radius 1 is 1.42 bits per heavy atom. The number of hydrogen-bond acceptors (Lipinski definition) is 5. The molecule has 1 atom stereocenters. The maximum Gasteiger partial charge on any atom is 0.336 e. The number of nitrogens with zero attached hydrogens (tertiary/aromatic N) is 1. The molecule has 0 saturated heterocycles. The first-order chi connectivity index (χ1) is 8.75. The molecule has 0 saturated carbocycles. The molecule has 0 radical (unpaired) electrons. The summed E-state index contributed by atoms with van der Waals surface area (Å²) in [5, 5.41) is 9.59. The van der Waals surface area contributed by atoms with Gasteiger partial charge in [-0.1, -0.05) is 0 Å². The Hall–Kier alpha value is -0.870. The van der Waals surface area contributed by atoms with Gasteiger partial charge in [0.25, 0.3) is 0 Å². The lowest BCUT2D eigenvalue weighted by Crippen LogP contribution is -2.40. The minimum absolute atomic E-state index is 0.380. The lowest BCUT2D eigenvalue weighted by atomic mass is 10.3. The van der Waals surface area contributed by atoms with E-state index in [1.165, 1.54) is 0 Å². The number of rotatable bonds is 5. The van der Waals surface area contributed by atoms with E-state index in [4.69, 9.17) is 0 Å². The Bertz CT molecular complexity index is 543. The van der Waals surface area contributed by atoms with Gasteiger partial charge in [0, 0.05) is 3.57 Å². The van der Waals surface area contributed by atoms with Crippen molar-refractivity contribution >= 4 is 44.3 Å². The molecule has 1 rings (SSSR count). The summed E-state index contributed by atoms with van der Waals surface area (Å²) in [5.74, 6) is -0.876. The Labute approximate surface area is 125 Å². The Balaban J connectivity index is 3.03. The van der Waals surface area contributed by atoms with E-state index in [0.29, 0.717) is 5.69 Å². The molecule has 0 aromatic heterocycles. The summed E-state index contributed by atoms with van der Waals surface area (Å²) in [6.07, 6.45) is -0.520. The standard InChI is InChI=1S/C11H14INO5S/c1-18-11(15)10(14)7-13(19(2,16)17)9-5-3-8(12)4-6-9/h3-6,10,14H,7H2,1-2H3/t10-/m0/s1. The minimum Gasteiger partial charge on any atom is -0.467 e. The Morgan fingerprint density at radius 3 is 2.37 bits per heavy atom. The van der Waals surface area contributed by atoms with E-state index in [1.54, 1.807) is 24.3 Å². The van der Waals surface area contributed by atoms with Gasteiger partial charge in [-0.15, -0.1) is 0 Å². The number of anilines is 1. The highest BCUT2D eigenvalue weighted by Gasteiger charge is 2.25. The number of sulfonamides is 1. The fourth-order valence-electron chi connectivity index (χ4n) is 1.41. The summed E-state index contributed by atoms with van der Waals surface area (Å²) < 4.78 is 29.7. The number of benzene rings is 1. The van der Waals surface area contributed by atoms with E-state index in [9.17, 15) is 18.3 Å². The second-order valence-electron chi connectivity index (χ2n) is 3.81. The predicted molar refractivity (Wildman–Crippen MR) is 79.4 cm³/mol. The van der Waals surface area contributed by atoms with Gasteiger partial charge in [-0.3, -0.25) is 4.31 Å². The van der Waals surface area contributed by atoms with Crippen molar-refractivity contribution in [1.82, 2.24) is 0 Å². The van der Waals surface area contributed by atoms with Crippen LogP contribution in [0.25, 0.3) is 0 Å². The zero-order valence-corrected chi connectivity index (χ0v) is 13.4. The maximum atomic E-state index is 11.7. The Kier molecular flexibility index (Phi) is 5.56. The summed E-state index contributed by atoms with van der Waals surface area (Å²) in [5.41, 5.74) is 0.380. The van der Waals surface area contributed by atoms with Crippen molar-refractivity contribution in [2.24, 2.45) is 0 Å². The van der Waals surface area contributed by atoms with Crippen LogP contribution in [0.2, 0.25) is 0 Å². The largest absolute Gasteiger partial charge is 0.467 e. The molecule has 0 aliphatic rings. The van der Waals surface area contributed by atoms with E-state index < -0.39 is 22.1 Å². The number of methoxy groups -OCH3 is 1. The van der Waals surface area contributed by atoms with Crippen molar-refractivity contribution < 1.29 is 23.1 Å². The molecular formula is C11H14INO5S. The summed E-state index contributed by atoms with van der Waals surface area (Å²) in [7, 11) is -2.48. The fourth-order valence-corrected chi connectivity index (χ4v) is 2.68. The third-order valence-corrected chi connectivity index (χ3v) is 4.21. The molecule has 0 unspecified atom stereocenters. The number of aliphatic hydroxyl groups excluding tert-OH is 1. The molecule has 0 spiro atoms. The van der Waals surface area contributed by atoms with E-state index in [2.05, 4.69) is 27.3 Å². The van der Waals surface area contributed by atoms with Gasteiger partial charge in [0.15, 0.2) is 6.10 Å². The van der Waals surface area contributed by atoms with Crippen molar-refractivity contribution in [3.8, 4) is 0 Å². The van der Waals surface area contributed by atoms with Crippen LogP contribution in [0.4, 0.5) is 5.69 Å². The minimum atomic E-state index is -3.60. The van der Waals surface area contributed by atoms with Crippen LogP contribution in [-0.4, -0.2) is 45.5 Å². The topological polar surface area (TPSA) is 83.9 Å². The molecule has 0 aliphatic carbocycles. The predicted octanol–water partition coefficient (Wildman–Crippen LogP) is 0.591. The molecule has 0 amide bonds. The summed E-state index contributed by atoms with van der Waals surface area (Å²) in [6.45, 7) is -0.383. The summed E-state index contributed by atoms with van der Waals surface area (Å²) in [4.78, 5) is 11.2. The van der Waals surface area contributed by atoms with Gasteiger partial charge in [-0.25, -0.2) is 13.2 Å². The first kappa shape index (κ1) is 16.2. The molecule has 1 aromatic carbocycles. The molecule has 1 N–H and O–H groups in total. The highest BCUT2D eigenvalue weighted by atomic mass is 127. The number of carbonyl (C=O) groups is 1. The zero-order chi connectivity index (χ0) is 14.6. The van der Waals surface area contributed by atoms with Gasteiger partial charge in [0.1, 0.15) is 0 Å². The molecule has 0 fully saturated rings. The Morgan fingerprint density at radius 2 is 1.95 bits per heavy atom. The molecule has 0 aliphatic heterocycles. The van der Waals surface area contributed by atoms with Crippen molar-refractivity contribution in [2.75, 3.05) is 24.2 Å². The normalized spacial score (nSPS) is 12.8. The molecular weight excluding hydrogens is 385 g/mol. The van der Waals surface area contributed by atoms with Gasteiger partial charge >= 0.3 is 5.97 Å². The molecule has 0 heterocycles. The molecule has 19 heavy (non-hydrogen) atoms. The van der Waals surface area contributed by atoms with Crippen molar-refractivity contribution in [2.45, 2.75) is 6.10 Å². The van der Waals surface area contributed by atoms with Crippen LogP contribution >= 0.6 is 22.6 Å². The van der Waals surface area contributed by atoms with Gasteiger partial charge in [-0.05, 0) is 46.9 Å². The van der Waals surface area contributed by atoms with Crippen LogP contribution in [0, 0.1) is 3.57 Å². The summed E-state index contributed by atoms with van der Waals surface area (Å²) >= 11 is 2.09. The first-order valence-electron chi connectivity index (χ1n) is 5.25. The van der Waals surface area contributed by atoms with E-state index >= 15 is 0 Å². The zero-order valence-electron chi connectivity index (χ0n) is 10.4. The number of hydrogen-bond donors (Lipinski definition) is 1. The second kappa shape index (κ2) is 6.53. The SMILES string of the molecule is COC(=O)[C@@H](O)CN(c1ccc(I)cc1)S(C)(=O)=O. The van der Waals surface area contributed by atoms with Crippen LogP contribution in [-0.2, 0) is 19.6 Å². The lowest BCUT2D eigenvalue weighted by molar-refractivity contribution is -0.149. The molecule has 106 valence electrons. The monoisotopic (exact) mass is 399 g/mol. The third-order valence-electron chi connectivity index (χ3n) is 2.33. The highest BCUT2D eigenvalue weighted by Crippen LogP contribution is 2.19. The summed E-state index contributed by atoms with van der Waals surface area (Å²) in [6, 6.07) is 6.68. The van der Waals surface area contributed by atoms with Crippen LogP contribution in [0.15, 0.2) is 24.3 Å². The van der Waals surface area contributed by atoms with E-state index in [-0.39, 0.29) is 6.54 Å². The number of esters is 1. The number of halogens is 1. The average molecular weight is 399 g/mol. The van der Waals surface area contributed by atoms with Gasteiger partial charge in [0.05, 0.1) is 25.6 Å².